The lowest BCUT2D eigenvalue weighted by Gasteiger charge is -2.18. The normalized spacial score (nSPS) is 21.1. The van der Waals surface area contributed by atoms with Gasteiger partial charge in [0.2, 0.25) is 0 Å². The van der Waals surface area contributed by atoms with Crippen molar-refractivity contribution in [1.82, 2.24) is 4.98 Å². The molecule has 1 unspecified atom stereocenters. The molecule has 2 heterocycles. The van der Waals surface area contributed by atoms with Crippen molar-refractivity contribution in [3.05, 3.63) is 11.1 Å². The van der Waals surface area contributed by atoms with Gasteiger partial charge in [-0.15, -0.1) is 0 Å². The number of esters is 1. The molecule has 4 nitrogen and oxygen atoms in total. The number of rotatable bonds is 2. The highest BCUT2D eigenvalue weighted by atomic mass is 32.1. The van der Waals surface area contributed by atoms with Crippen LogP contribution >= 0.6 is 11.3 Å². The van der Waals surface area contributed by atoms with Crippen LogP contribution in [-0.4, -0.2) is 31.2 Å². The summed E-state index contributed by atoms with van der Waals surface area (Å²) in [6, 6.07) is 0. The van der Waals surface area contributed by atoms with E-state index in [9.17, 15) is 4.79 Å². The second-order valence-corrected chi connectivity index (χ2v) is 5.53. The summed E-state index contributed by atoms with van der Waals surface area (Å²) in [4.78, 5) is 18.5. The van der Waals surface area contributed by atoms with Gasteiger partial charge in [0.1, 0.15) is 4.88 Å². The Bertz CT molecular complexity index is 392. The molecule has 5 heteroatoms. The van der Waals surface area contributed by atoms with Crippen molar-refractivity contribution >= 4 is 22.4 Å². The van der Waals surface area contributed by atoms with Gasteiger partial charge in [0.15, 0.2) is 5.13 Å². The molecule has 1 aliphatic heterocycles. The number of methoxy groups -OCH3 is 1. The molecular formula is C12H18N2O2S. The summed E-state index contributed by atoms with van der Waals surface area (Å²) in [6.45, 7) is 4.37. The minimum Gasteiger partial charge on any atom is -0.465 e. The van der Waals surface area contributed by atoms with E-state index in [2.05, 4.69) is 16.8 Å². The Morgan fingerprint density at radius 3 is 3.12 bits per heavy atom. The van der Waals surface area contributed by atoms with Gasteiger partial charge in [-0.25, -0.2) is 9.78 Å². The highest BCUT2D eigenvalue weighted by Crippen LogP contribution is 2.26. The fourth-order valence-corrected chi connectivity index (χ4v) is 2.95. The van der Waals surface area contributed by atoms with Gasteiger partial charge in [0.05, 0.1) is 13.3 Å². The summed E-state index contributed by atoms with van der Waals surface area (Å²) in [7, 11) is 1.40. The van der Waals surface area contributed by atoms with Gasteiger partial charge in [-0.3, -0.25) is 0 Å². The average molecular weight is 254 g/mol. The molecule has 0 radical (unpaired) electrons. The number of thiazole rings is 1. The lowest BCUT2D eigenvalue weighted by Crippen LogP contribution is -2.23. The van der Waals surface area contributed by atoms with E-state index in [4.69, 9.17) is 4.74 Å². The standard InChI is InChI=1S/C12H18N2O2S/c1-9-4-3-6-14(7-5-9)12-13-8-10(17-12)11(15)16-2/h8-9H,3-7H2,1-2H3. The molecule has 1 saturated heterocycles. The SMILES string of the molecule is COC(=O)c1cnc(N2CCCC(C)CC2)s1. The number of anilines is 1. The molecule has 1 fully saturated rings. The third-order valence-corrected chi connectivity index (χ3v) is 4.21. The molecule has 0 aliphatic carbocycles. The Labute approximate surface area is 106 Å². The highest BCUT2D eigenvalue weighted by Gasteiger charge is 2.18. The molecule has 17 heavy (non-hydrogen) atoms. The van der Waals surface area contributed by atoms with Crippen LogP contribution in [-0.2, 0) is 4.74 Å². The smallest absolute Gasteiger partial charge is 0.349 e. The fraction of sp³-hybridized carbons (Fsp3) is 0.667. The quantitative estimate of drug-likeness (QED) is 0.761. The van der Waals surface area contributed by atoms with Crippen molar-refractivity contribution in [3.8, 4) is 0 Å². The van der Waals surface area contributed by atoms with Gasteiger partial charge in [-0.2, -0.15) is 0 Å². The predicted octanol–water partition coefficient (Wildman–Crippen LogP) is 2.56. The van der Waals surface area contributed by atoms with Gasteiger partial charge in [0.25, 0.3) is 0 Å². The Kier molecular flexibility index (Phi) is 3.99. The lowest BCUT2D eigenvalue weighted by molar-refractivity contribution is 0.0606. The fourth-order valence-electron chi connectivity index (χ4n) is 2.06. The molecule has 2 rings (SSSR count). The molecule has 0 N–H and O–H groups in total. The molecule has 0 bridgehead atoms. The van der Waals surface area contributed by atoms with E-state index >= 15 is 0 Å². The minimum absolute atomic E-state index is 0.295. The molecule has 0 amide bonds. The Morgan fingerprint density at radius 1 is 1.53 bits per heavy atom. The van der Waals surface area contributed by atoms with Crippen LogP contribution in [0.5, 0.6) is 0 Å². The maximum Gasteiger partial charge on any atom is 0.349 e. The van der Waals surface area contributed by atoms with Crippen LogP contribution in [0.2, 0.25) is 0 Å². The van der Waals surface area contributed by atoms with Crippen LogP contribution < -0.4 is 4.90 Å². The van der Waals surface area contributed by atoms with E-state index in [0.717, 1.165) is 24.1 Å². The van der Waals surface area contributed by atoms with Crippen molar-refractivity contribution < 1.29 is 9.53 Å². The van der Waals surface area contributed by atoms with Gasteiger partial charge in [0, 0.05) is 13.1 Å². The van der Waals surface area contributed by atoms with Gasteiger partial charge >= 0.3 is 5.97 Å². The third-order valence-electron chi connectivity index (χ3n) is 3.17. The highest BCUT2D eigenvalue weighted by molar-refractivity contribution is 7.17. The zero-order valence-corrected chi connectivity index (χ0v) is 11.1. The molecule has 0 aromatic carbocycles. The van der Waals surface area contributed by atoms with Crippen LogP contribution in [0.15, 0.2) is 6.20 Å². The first kappa shape index (κ1) is 12.4. The number of hydrogen-bond acceptors (Lipinski definition) is 5. The van der Waals surface area contributed by atoms with E-state index < -0.39 is 0 Å². The average Bonchev–Trinajstić information content (AvgIpc) is 2.72. The first-order chi connectivity index (χ1) is 8.20. The first-order valence-electron chi connectivity index (χ1n) is 6.00. The zero-order valence-electron chi connectivity index (χ0n) is 10.3. The van der Waals surface area contributed by atoms with Crippen LogP contribution in [0, 0.1) is 5.92 Å². The molecule has 94 valence electrons. The number of aromatic nitrogens is 1. The molecule has 0 saturated carbocycles. The number of hydrogen-bond donors (Lipinski definition) is 0. The van der Waals surface area contributed by atoms with Gasteiger partial charge < -0.3 is 9.64 Å². The van der Waals surface area contributed by atoms with Crippen molar-refractivity contribution in [2.24, 2.45) is 5.92 Å². The summed E-state index contributed by atoms with van der Waals surface area (Å²) < 4.78 is 4.69. The van der Waals surface area contributed by atoms with Crippen molar-refractivity contribution in [2.75, 3.05) is 25.1 Å². The second-order valence-electron chi connectivity index (χ2n) is 4.52. The lowest BCUT2D eigenvalue weighted by atomic mass is 10.0. The summed E-state index contributed by atoms with van der Waals surface area (Å²) in [5.74, 6) is 0.497. The van der Waals surface area contributed by atoms with Crippen LogP contribution in [0.4, 0.5) is 5.13 Å². The molecular weight excluding hydrogens is 236 g/mol. The van der Waals surface area contributed by atoms with E-state index in [0.29, 0.717) is 4.88 Å². The topological polar surface area (TPSA) is 42.4 Å². The Morgan fingerprint density at radius 2 is 2.35 bits per heavy atom. The molecule has 1 aliphatic rings. The first-order valence-corrected chi connectivity index (χ1v) is 6.81. The number of carbonyl (C=O) groups is 1. The van der Waals surface area contributed by atoms with Crippen LogP contribution in [0.25, 0.3) is 0 Å². The van der Waals surface area contributed by atoms with Crippen LogP contribution in [0.1, 0.15) is 35.9 Å². The minimum atomic E-state index is -0.295. The maximum atomic E-state index is 11.4. The number of carbonyl (C=O) groups excluding carboxylic acids is 1. The number of ether oxygens (including phenoxy) is 1. The van der Waals surface area contributed by atoms with E-state index in [1.54, 1.807) is 6.20 Å². The largest absolute Gasteiger partial charge is 0.465 e. The third kappa shape index (κ3) is 2.97. The molecule has 1 aromatic rings. The van der Waals surface area contributed by atoms with Crippen molar-refractivity contribution in [1.29, 1.82) is 0 Å². The summed E-state index contributed by atoms with van der Waals surface area (Å²) in [5.41, 5.74) is 0. The van der Waals surface area contributed by atoms with E-state index in [-0.39, 0.29) is 5.97 Å². The second kappa shape index (κ2) is 5.49. The molecule has 1 atom stereocenters. The monoisotopic (exact) mass is 254 g/mol. The number of nitrogens with zero attached hydrogens (tertiary/aromatic N) is 2. The summed E-state index contributed by atoms with van der Waals surface area (Å²) in [5, 5.41) is 0.944. The van der Waals surface area contributed by atoms with Gasteiger partial charge in [-0.05, 0) is 25.2 Å². The van der Waals surface area contributed by atoms with Gasteiger partial charge in [-0.1, -0.05) is 18.3 Å². The van der Waals surface area contributed by atoms with Crippen molar-refractivity contribution in [3.63, 3.8) is 0 Å². The van der Waals surface area contributed by atoms with E-state index in [1.807, 2.05) is 0 Å². The molecule has 0 spiro atoms. The zero-order chi connectivity index (χ0) is 12.3. The Balaban J connectivity index is 2.06. The van der Waals surface area contributed by atoms with E-state index in [1.165, 1.54) is 37.7 Å². The Hall–Kier alpha value is -1.10. The molecule has 1 aromatic heterocycles. The van der Waals surface area contributed by atoms with Crippen LogP contribution in [0.3, 0.4) is 0 Å². The van der Waals surface area contributed by atoms with Crippen molar-refractivity contribution in [2.45, 2.75) is 26.2 Å². The summed E-state index contributed by atoms with van der Waals surface area (Å²) in [6.07, 6.45) is 5.30. The maximum absolute atomic E-state index is 11.4. The predicted molar refractivity (Wildman–Crippen MR) is 68.7 cm³/mol. The summed E-state index contributed by atoms with van der Waals surface area (Å²) >= 11 is 1.42.